The molecule has 1 rings (SSSR count). The molecule has 0 aliphatic carbocycles. The lowest BCUT2D eigenvalue weighted by Crippen LogP contribution is -2.34. The van der Waals surface area contributed by atoms with E-state index in [0.717, 1.165) is 0 Å². The lowest BCUT2D eigenvalue weighted by molar-refractivity contribution is -0.139. The maximum Gasteiger partial charge on any atom is 0.321 e. The topological polar surface area (TPSA) is 81.2 Å². The number of nitrogens with zero attached hydrogens (tertiary/aromatic N) is 2. The average molecular weight is 288 g/mol. The Balaban J connectivity index is 2.45. The standard InChI is InChI=1S/C9H10BrN3O3/c1-16-9(15)7(10)4-13-8(14)6-2-11-5-12-3-6/h2-3,5,7H,4H2,1H3,(H,13,14). The van der Waals surface area contributed by atoms with E-state index in [9.17, 15) is 9.59 Å². The van der Waals surface area contributed by atoms with Crippen LogP contribution in [0.3, 0.4) is 0 Å². The van der Waals surface area contributed by atoms with Crippen LogP contribution in [-0.4, -0.2) is 40.3 Å². The molecule has 1 heterocycles. The first-order valence-electron chi connectivity index (χ1n) is 4.40. The van der Waals surface area contributed by atoms with Crippen LogP contribution in [0, 0.1) is 0 Å². The number of rotatable bonds is 4. The minimum Gasteiger partial charge on any atom is -0.468 e. The van der Waals surface area contributed by atoms with Gasteiger partial charge >= 0.3 is 5.97 Å². The Morgan fingerprint density at radius 1 is 1.50 bits per heavy atom. The van der Waals surface area contributed by atoms with Crippen molar-refractivity contribution >= 4 is 27.8 Å². The first kappa shape index (κ1) is 12.6. The Morgan fingerprint density at radius 3 is 2.69 bits per heavy atom. The number of amides is 1. The van der Waals surface area contributed by atoms with Crippen LogP contribution in [0.4, 0.5) is 0 Å². The van der Waals surface area contributed by atoms with Gasteiger partial charge in [-0.2, -0.15) is 0 Å². The average Bonchev–Trinajstić information content (AvgIpc) is 2.35. The van der Waals surface area contributed by atoms with E-state index in [0.29, 0.717) is 5.56 Å². The van der Waals surface area contributed by atoms with Crippen molar-refractivity contribution in [2.24, 2.45) is 0 Å². The molecule has 16 heavy (non-hydrogen) atoms. The zero-order valence-electron chi connectivity index (χ0n) is 8.51. The number of carbonyl (C=O) groups is 2. The molecule has 0 saturated carbocycles. The van der Waals surface area contributed by atoms with Gasteiger partial charge in [0.25, 0.3) is 5.91 Å². The summed E-state index contributed by atoms with van der Waals surface area (Å²) in [7, 11) is 1.28. The molecule has 0 spiro atoms. The number of esters is 1. The lowest BCUT2D eigenvalue weighted by atomic mass is 10.3. The molecule has 1 atom stereocenters. The van der Waals surface area contributed by atoms with Crippen LogP contribution in [0.5, 0.6) is 0 Å². The molecular formula is C9H10BrN3O3. The van der Waals surface area contributed by atoms with Gasteiger partial charge in [0.2, 0.25) is 0 Å². The first-order valence-corrected chi connectivity index (χ1v) is 5.32. The van der Waals surface area contributed by atoms with Gasteiger partial charge in [-0.3, -0.25) is 9.59 Å². The van der Waals surface area contributed by atoms with Crippen LogP contribution in [0.25, 0.3) is 0 Å². The summed E-state index contributed by atoms with van der Waals surface area (Å²) in [4.78, 5) is 29.4. The number of hydrogen-bond acceptors (Lipinski definition) is 5. The second-order valence-corrected chi connectivity index (χ2v) is 3.93. The van der Waals surface area contributed by atoms with E-state index in [-0.39, 0.29) is 12.5 Å². The van der Waals surface area contributed by atoms with Crippen LogP contribution in [0.2, 0.25) is 0 Å². The van der Waals surface area contributed by atoms with Gasteiger partial charge < -0.3 is 10.1 Å². The van der Waals surface area contributed by atoms with E-state index in [2.05, 4.69) is 36.0 Å². The Hall–Kier alpha value is -1.50. The number of hydrogen-bond donors (Lipinski definition) is 1. The maximum absolute atomic E-state index is 11.5. The number of nitrogens with one attached hydrogen (secondary N) is 1. The molecule has 1 aromatic heterocycles. The van der Waals surface area contributed by atoms with E-state index >= 15 is 0 Å². The summed E-state index contributed by atoms with van der Waals surface area (Å²) in [5.41, 5.74) is 0.340. The molecule has 1 unspecified atom stereocenters. The lowest BCUT2D eigenvalue weighted by Gasteiger charge is -2.08. The second-order valence-electron chi connectivity index (χ2n) is 2.83. The van der Waals surface area contributed by atoms with Crippen molar-refractivity contribution in [2.75, 3.05) is 13.7 Å². The van der Waals surface area contributed by atoms with Gasteiger partial charge in [-0.1, -0.05) is 15.9 Å². The predicted molar refractivity (Wildman–Crippen MR) is 59.1 cm³/mol. The fourth-order valence-corrected chi connectivity index (χ4v) is 1.26. The minimum atomic E-state index is -0.564. The van der Waals surface area contributed by atoms with Crippen molar-refractivity contribution in [2.45, 2.75) is 4.83 Å². The molecule has 1 N–H and O–H groups in total. The van der Waals surface area contributed by atoms with Crippen molar-refractivity contribution in [3.8, 4) is 0 Å². The van der Waals surface area contributed by atoms with E-state index in [1.54, 1.807) is 0 Å². The van der Waals surface area contributed by atoms with Crippen LogP contribution in [0.15, 0.2) is 18.7 Å². The smallest absolute Gasteiger partial charge is 0.321 e. The highest BCUT2D eigenvalue weighted by Gasteiger charge is 2.16. The van der Waals surface area contributed by atoms with Crippen molar-refractivity contribution in [3.63, 3.8) is 0 Å². The minimum absolute atomic E-state index is 0.139. The summed E-state index contributed by atoms with van der Waals surface area (Å²) in [5.74, 6) is -0.779. The largest absolute Gasteiger partial charge is 0.468 e. The molecule has 86 valence electrons. The molecule has 0 aliphatic rings. The van der Waals surface area contributed by atoms with Crippen molar-refractivity contribution in [1.82, 2.24) is 15.3 Å². The summed E-state index contributed by atoms with van der Waals surface area (Å²) in [5, 5.41) is 2.55. The van der Waals surface area contributed by atoms with Gasteiger partial charge in [-0.05, 0) is 0 Å². The Bertz CT molecular complexity index is 372. The summed E-state index contributed by atoms with van der Waals surface area (Å²) in [6, 6.07) is 0. The molecule has 7 heteroatoms. The Labute approximate surface area is 101 Å². The van der Waals surface area contributed by atoms with E-state index in [4.69, 9.17) is 0 Å². The SMILES string of the molecule is COC(=O)C(Br)CNC(=O)c1cncnc1. The van der Waals surface area contributed by atoms with Gasteiger partial charge in [0.15, 0.2) is 0 Å². The number of aromatic nitrogens is 2. The summed E-state index contributed by atoms with van der Waals surface area (Å²) in [6.07, 6.45) is 4.12. The van der Waals surface area contributed by atoms with Crippen LogP contribution in [0.1, 0.15) is 10.4 Å². The van der Waals surface area contributed by atoms with Crippen molar-refractivity contribution in [1.29, 1.82) is 0 Å². The zero-order valence-corrected chi connectivity index (χ0v) is 10.1. The second kappa shape index (κ2) is 6.16. The van der Waals surface area contributed by atoms with Crippen molar-refractivity contribution in [3.05, 3.63) is 24.3 Å². The van der Waals surface area contributed by atoms with Crippen LogP contribution < -0.4 is 5.32 Å². The van der Waals surface area contributed by atoms with Crippen molar-refractivity contribution < 1.29 is 14.3 Å². The number of ether oxygens (including phenoxy) is 1. The van der Waals surface area contributed by atoms with Crippen LogP contribution in [-0.2, 0) is 9.53 Å². The normalized spacial score (nSPS) is 11.6. The van der Waals surface area contributed by atoms with E-state index < -0.39 is 10.8 Å². The molecule has 0 aliphatic heterocycles. The third-order valence-corrected chi connectivity index (χ3v) is 2.42. The highest BCUT2D eigenvalue weighted by molar-refractivity contribution is 9.10. The first-order chi connectivity index (χ1) is 7.65. The molecule has 1 amide bonds. The number of methoxy groups -OCH3 is 1. The van der Waals surface area contributed by atoms with E-state index in [1.165, 1.54) is 25.8 Å². The molecule has 0 aromatic carbocycles. The Morgan fingerprint density at radius 2 is 2.12 bits per heavy atom. The molecule has 0 saturated heterocycles. The third kappa shape index (κ3) is 3.58. The molecule has 0 radical (unpaired) electrons. The van der Waals surface area contributed by atoms with E-state index in [1.807, 2.05) is 0 Å². The predicted octanol–water partition coefficient (Wildman–Crippen LogP) is 0.143. The van der Waals surface area contributed by atoms with Gasteiger partial charge in [-0.15, -0.1) is 0 Å². The maximum atomic E-state index is 11.5. The van der Waals surface area contributed by atoms with Crippen LogP contribution >= 0.6 is 15.9 Å². The molecule has 1 aromatic rings. The van der Waals surface area contributed by atoms with Gasteiger partial charge in [0, 0.05) is 18.9 Å². The zero-order chi connectivity index (χ0) is 12.0. The highest BCUT2D eigenvalue weighted by Crippen LogP contribution is 2.01. The molecule has 6 nitrogen and oxygen atoms in total. The molecule has 0 fully saturated rings. The van der Waals surface area contributed by atoms with Gasteiger partial charge in [0.05, 0.1) is 12.7 Å². The number of halogens is 1. The molecule has 0 bridgehead atoms. The Kier molecular flexibility index (Phi) is 4.84. The van der Waals surface area contributed by atoms with Gasteiger partial charge in [-0.25, -0.2) is 9.97 Å². The quantitative estimate of drug-likeness (QED) is 0.629. The fourth-order valence-electron chi connectivity index (χ4n) is 0.912. The summed E-state index contributed by atoms with van der Waals surface area (Å²) < 4.78 is 4.49. The summed E-state index contributed by atoms with van der Waals surface area (Å²) in [6.45, 7) is 0.139. The highest BCUT2D eigenvalue weighted by atomic mass is 79.9. The van der Waals surface area contributed by atoms with Gasteiger partial charge in [0.1, 0.15) is 11.2 Å². The number of alkyl halides is 1. The fraction of sp³-hybridized carbons (Fsp3) is 0.333. The molecular weight excluding hydrogens is 278 g/mol. The monoisotopic (exact) mass is 287 g/mol. The summed E-state index contributed by atoms with van der Waals surface area (Å²) >= 11 is 3.08. The number of carbonyl (C=O) groups excluding carboxylic acids is 2. The third-order valence-electron chi connectivity index (χ3n) is 1.72.